The van der Waals surface area contributed by atoms with Crippen LogP contribution in [0.25, 0.3) is 17.2 Å². The molecule has 2 aromatic carbocycles. The lowest BCUT2D eigenvalue weighted by atomic mass is 10.00. The summed E-state index contributed by atoms with van der Waals surface area (Å²) in [4.78, 5) is 22.7. The second kappa shape index (κ2) is 8.41. The number of halogens is 1. The van der Waals surface area contributed by atoms with Gasteiger partial charge in [0.05, 0.1) is 20.6 Å². The minimum absolute atomic E-state index is 0.169. The Hall–Kier alpha value is -3.61. The number of carbonyl (C=O) groups is 2. The Kier molecular flexibility index (Phi) is 5.91. The van der Waals surface area contributed by atoms with Gasteiger partial charge >= 0.3 is 11.9 Å². The average molecular weight is 412 g/mol. The van der Waals surface area contributed by atoms with Gasteiger partial charge in [-0.15, -0.1) is 0 Å². The highest BCUT2D eigenvalue weighted by Gasteiger charge is 2.26. The first-order valence-corrected chi connectivity index (χ1v) is 9.13. The number of ether oxygens (including phenoxy) is 3. The number of fused-ring (bicyclic) bond motifs is 1. The summed E-state index contributed by atoms with van der Waals surface area (Å²) in [6.07, 6.45) is 1.63. The molecule has 156 valence electrons. The number of hydrogen-bond acceptors (Lipinski definition) is 5. The third-order valence-corrected chi connectivity index (χ3v) is 4.82. The van der Waals surface area contributed by atoms with Crippen molar-refractivity contribution in [3.05, 3.63) is 58.4 Å². The molecule has 0 amide bonds. The smallest absolute Gasteiger partial charge is 0.308 e. The molecule has 0 aliphatic heterocycles. The Morgan fingerprint density at radius 1 is 1.07 bits per heavy atom. The van der Waals surface area contributed by atoms with Gasteiger partial charge in [-0.3, -0.25) is 9.59 Å². The van der Waals surface area contributed by atoms with E-state index in [-0.39, 0.29) is 12.2 Å². The molecule has 0 bridgehead atoms. The van der Waals surface area contributed by atoms with Gasteiger partial charge in [0.15, 0.2) is 11.5 Å². The lowest BCUT2D eigenvalue weighted by Crippen LogP contribution is -2.05. The molecule has 0 radical (unpaired) electrons. The molecule has 1 N–H and O–H groups in total. The summed E-state index contributed by atoms with van der Waals surface area (Å²) in [6, 6.07) is 7.69. The van der Waals surface area contributed by atoms with Crippen molar-refractivity contribution in [3.8, 4) is 17.2 Å². The van der Waals surface area contributed by atoms with Crippen LogP contribution in [-0.2, 0) is 9.59 Å². The van der Waals surface area contributed by atoms with Crippen molar-refractivity contribution in [2.45, 2.75) is 20.3 Å². The van der Waals surface area contributed by atoms with Gasteiger partial charge in [-0.25, -0.2) is 4.39 Å². The number of carbonyl (C=O) groups excluding carboxylic acids is 1. The summed E-state index contributed by atoms with van der Waals surface area (Å²) in [5.41, 5.74) is 4.08. The van der Waals surface area contributed by atoms with Crippen molar-refractivity contribution in [2.24, 2.45) is 0 Å². The first-order chi connectivity index (χ1) is 14.2. The van der Waals surface area contributed by atoms with E-state index < -0.39 is 17.8 Å². The van der Waals surface area contributed by atoms with Crippen LogP contribution < -0.4 is 14.2 Å². The predicted octanol–water partition coefficient (Wildman–Crippen LogP) is 4.57. The Balaban J connectivity index is 2.18. The number of methoxy groups -OCH3 is 2. The maximum absolute atomic E-state index is 13.8. The molecule has 30 heavy (non-hydrogen) atoms. The van der Waals surface area contributed by atoms with E-state index in [2.05, 4.69) is 0 Å². The maximum atomic E-state index is 13.8. The standard InChI is InChI=1S/C23H21FO6/c1-12-17(16-6-5-15(24)10-19(16)18(12)11-22(26)27)7-14-8-20(28-3)23(30-13(2)25)21(9-14)29-4/h5-10H,11H2,1-4H3,(H,26,27)/b17-7+. The van der Waals surface area contributed by atoms with Crippen LogP contribution in [0.2, 0.25) is 0 Å². The molecule has 7 heteroatoms. The number of esters is 1. The zero-order valence-electron chi connectivity index (χ0n) is 17.0. The molecule has 2 aromatic rings. The summed E-state index contributed by atoms with van der Waals surface area (Å²) < 4.78 is 29.8. The van der Waals surface area contributed by atoms with Crippen LogP contribution in [0.1, 0.15) is 37.0 Å². The third-order valence-electron chi connectivity index (χ3n) is 4.82. The molecule has 0 fully saturated rings. The van der Waals surface area contributed by atoms with Gasteiger partial charge in [0.2, 0.25) is 5.75 Å². The van der Waals surface area contributed by atoms with Gasteiger partial charge in [0, 0.05) is 6.92 Å². The van der Waals surface area contributed by atoms with Gasteiger partial charge in [-0.05, 0) is 70.7 Å². The van der Waals surface area contributed by atoms with E-state index in [1.54, 1.807) is 18.2 Å². The summed E-state index contributed by atoms with van der Waals surface area (Å²) in [5, 5.41) is 9.28. The largest absolute Gasteiger partial charge is 0.493 e. The van der Waals surface area contributed by atoms with Crippen molar-refractivity contribution < 1.29 is 33.3 Å². The van der Waals surface area contributed by atoms with Gasteiger partial charge in [0.1, 0.15) is 5.82 Å². The molecule has 0 unspecified atom stereocenters. The van der Waals surface area contributed by atoms with Crippen molar-refractivity contribution in [1.29, 1.82) is 0 Å². The van der Waals surface area contributed by atoms with Crippen molar-refractivity contribution in [3.63, 3.8) is 0 Å². The zero-order chi connectivity index (χ0) is 22.0. The Morgan fingerprint density at radius 2 is 1.70 bits per heavy atom. The van der Waals surface area contributed by atoms with E-state index in [9.17, 15) is 19.1 Å². The van der Waals surface area contributed by atoms with Crippen molar-refractivity contribution in [2.75, 3.05) is 14.2 Å². The third kappa shape index (κ3) is 4.05. The molecule has 1 aliphatic rings. The lowest BCUT2D eigenvalue weighted by Gasteiger charge is -2.14. The van der Waals surface area contributed by atoms with E-state index in [1.807, 2.05) is 13.0 Å². The van der Waals surface area contributed by atoms with Gasteiger partial charge < -0.3 is 19.3 Å². The van der Waals surface area contributed by atoms with Gasteiger partial charge in [-0.1, -0.05) is 6.07 Å². The van der Waals surface area contributed by atoms with E-state index >= 15 is 0 Å². The van der Waals surface area contributed by atoms with E-state index in [0.717, 1.165) is 16.7 Å². The summed E-state index contributed by atoms with van der Waals surface area (Å²) >= 11 is 0. The minimum atomic E-state index is -0.991. The Bertz CT molecular complexity index is 1070. The summed E-state index contributed by atoms with van der Waals surface area (Å²) in [5.74, 6) is -1.15. The minimum Gasteiger partial charge on any atom is -0.493 e. The number of carboxylic acid groups (broad SMARTS) is 1. The topological polar surface area (TPSA) is 82.1 Å². The number of allylic oxidation sites excluding steroid dienone is 2. The van der Waals surface area contributed by atoms with Crippen LogP contribution in [0.15, 0.2) is 35.9 Å². The zero-order valence-corrected chi connectivity index (χ0v) is 17.0. The molecule has 0 aromatic heterocycles. The van der Waals surface area contributed by atoms with Crippen molar-refractivity contribution in [1.82, 2.24) is 0 Å². The monoisotopic (exact) mass is 412 g/mol. The first-order valence-electron chi connectivity index (χ1n) is 9.13. The molecular weight excluding hydrogens is 391 g/mol. The molecule has 0 atom stereocenters. The number of aliphatic carboxylic acids is 1. The fraction of sp³-hybridized carbons (Fsp3) is 0.217. The number of hydrogen-bond donors (Lipinski definition) is 1. The quantitative estimate of drug-likeness (QED) is 0.553. The Labute approximate surface area is 173 Å². The first kappa shape index (κ1) is 21.1. The van der Waals surface area contributed by atoms with Crippen LogP contribution in [0.5, 0.6) is 17.2 Å². The number of carboxylic acids is 1. The van der Waals surface area contributed by atoms with Gasteiger partial charge in [0.25, 0.3) is 0 Å². The summed E-state index contributed by atoms with van der Waals surface area (Å²) in [7, 11) is 2.89. The predicted molar refractivity (Wildman–Crippen MR) is 110 cm³/mol. The van der Waals surface area contributed by atoms with Crippen LogP contribution in [0.4, 0.5) is 4.39 Å². The Morgan fingerprint density at radius 3 is 2.23 bits per heavy atom. The molecule has 0 heterocycles. The number of benzene rings is 2. The molecule has 0 spiro atoms. The fourth-order valence-electron chi connectivity index (χ4n) is 3.53. The SMILES string of the molecule is COc1cc(/C=C2\C(C)=C(CC(=O)O)c3cc(F)ccc32)cc(OC)c1OC(C)=O. The molecule has 0 saturated carbocycles. The van der Waals surface area contributed by atoms with E-state index in [0.29, 0.717) is 28.2 Å². The second-order valence-corrected chi connectivity index (χ2v) is 6.77. The van der Waals surface area contributed by atoms with Gasteiger partial charge in [-0.2, -0.15) is 0 Å². The maximum Gasteiger partial charge on any atom is 0.308 e. The van der Waals surface area contributed by atoms with E-state index in [4.69, 9.17) is 14.2 Å². The molecular formula is C23H21FO6. The fourth-order valence-corrected chi connectivity index (χ4v) is 3.53. The second-order valence-electron chi connectivity index (χ2n) is 6.77. The van der Waals surface area contributed by atoms with Crippen LogP contribution in [0.3, 0.4) is 0 Å². The summed E-state index contributed by atoms with van der Waals surface area (Å²) in [6.45, 7) is 3.09. The molecule has 3 rings (SSSR count). The highest BCUT2D eigenvalue weighted by molar-refractivity contribution is 6.07. The number of rotatable bonds is 6. The lowest BCUT2D eigenvalue weighted by molar-refractivity contribution is -0.136. The molecule has 1 aliphatic carbocycles. The van der Waals surface area contributed by atoms with Crippen LogP contribution in [0, 0.1) is 5.82 Å². The molecule has 6 nitrogen and oxygen atoms in total. The van der Waals surface area contributed by atoms with E-state index in [1.165, 1.54) is 33.3 Å². The highest BCUT2D eigenvalue weighted by Crippen LogP contribution is 2.45. The van der Waals surface area contributed by atoms with Crippen molar-refractivity contribution >= 4 is 29.2 Å². The highest BCUT2D eigenvalue weighted by atomic mass is 19.1. The van der Waals surface area contributed by atoms with Crippen LogP contribution in [-0.4, -0.2) is 31.3 Å². The van der Waals surface area contributed by atoms with Crippen LogP contribution >= 0.6 is 0 Å². The average Bonchev–Trinajstić information content (AvgIpc) is 2.93. The normalized spacial score (nSPS) is 14.0. The molecule has 0 saturated heterocycles.